The molecule has 0 saturated carbocycles. The molecule has 6 nitrogen and oxygen atoms in total. The zero-order chi connectivity index (χ0) is 18.6. The number of ether oxygens (including phenoxy) is 2. The summed E-state index contributed by atoms with van der Waals surface area (Å²) in [7, 11) is 1.66. The minimum atomic E-state index is 0.580. The number of para-hydroxylation sites is 1. The Hall–Kier alpha value is -2.35. The quantitative estimate of drug-likeness (QED) is 0.582. The smallest absolute Gasteiger partial charge is 0.171 e. The van der Waals surface area contributed by atoms with Gasteiger partial charge in [-0.25, -0.2) is 0 Å². The molecule has 7 heteroatoms. The van der Waals surface area contributed by atoms with Crippen LogP contribution in [-0.2, 0) is 4.74 Å². The Balaban J connectivity index is 1.45. The Labute approximate surface area is 163 Å². The maximum atomic E-state index is 5.96. The number of furan rings is 1. The van der Waals surface area contributed by atoms with Crippen molar-refractivity contribution in [2.75, 3.05) is 51.8 Å². The van der Waals surface area contributed by atoms with Crippen molar-refractivity contribution in [2.45, 2.75) is 0 Å². The van der Waals surface area contributed by atoms with Gasteiger partial charge in [-0.05, 0) is 24.4 Å². The van der Waals surface area contributed by atoms with Crippen LogP contribution in [0.1, 0.15) is 0 Å². The molecule has 0 bridgehead atoms. The van der Waals surface area contributed by atoms with Gasteiger partial charge < -0.3 is 29.4 Å². The van der Waals surface area contributed by atoms with Crippen molar-refractivity contribution in [3.63, 3.8) is 0 Å². The van der Waals surface area contributed by atoms with E-state index in [4.69, 9.17) is 26.1 Å². The van der Waals surface area contributed by atoms with Gasteiger partial charge in [-0.3, -0.25) is 0 Å². The molecule has 1 aliphatic rings. The Kier molecular flexibility index (Phi) is 5.42. The van der Waals surface area contributed by atoms with Crippen molar-refractivity contribution >= 4 is 45.0 Å². The number of thiocarbonyl (C=S) groups is 1. The lowest BCUT2D eigenvalue weighted by Crippen LogP contribution is -3.14. The van der Waals surface area contributed by atoms with Gasteiger partial charge >= 0.3 is 0 Å². The van der Waals surface area contributed by atoms with Gasteiger partial charge in [-0.15, -0.1) is 0 Å². The third-order valence-electron chi connectivity index (χ3n) is 4.91. The topological polar surface area (TPSA) is 60.1 Å². The summed E-state index contributed by atoms with van der Waals surface area (Å²) >= 11 is 5.46. The van der Waals surface area contributed by atoms with Crippen LogP contribution in [0.15, 0.2) is 40.8 Å². The Morgan fingerprint density at radius 3 is 2.78 bits per heavy atom. The van der Waals surface area contributed by atoms with Gasteiger partial charge in [-0.1, -0.05) is 18.2 Å². The van der Waals surface area contributed by atoms with Crippen LogP contribution in [-0.4, -0.2) is 51.6 Å². The largest absolute Gasteiger partial charge is 0.495 e. The number of hydrogen-bond acceptors (Lipinski definition) is 4. The van der Waals surface area contributed by atoms with Crippen LogP contribution in [0.4, 0.5) is 5.69 Å². The maximum Gasteiger partial charge on any atom is 0.171 e. The highest BCUT2D eigenvalue weighted by Gasteiger charge is 2.15. The first-order valence-electron chi connectivity index (χ1n) is 9.20. The first kappa shape index (κ1) is 18.0. The predicted octanol–water partition coefficient (Wildman–Crippen LogP) is 1.80. The molecule has 0 spiro atoms. The van der Waals surface area contributed by atoms with E-state index in [1.807, 2.05) is 36.4 Å². The van der Waals surface area contributed by atoms with Crippen LogP contribution in [0.2, 0.25) is 0 Å². The van der Waals surface area contributed by atoms with E-state index in [-0.39, 0.29) is 0 Å². The van der Waals surface area contributed by atoms with Crippen LogP contribution in [0.25, 0.3) is 21.9 Å². The molecule has 3 aromatic rings. The molecule has 0 aliphatic carbocycles. The summed E-state index contributed by atoms with van der Waals surface area (Å²) in [6.07, 6.45) is 0. The number of methoxy groups -OCH3 is 1. The molecule has 0 unspecified atom stereocenters. The molecular formula is C20H24N3O3S+. The second kappa shape index (κ2) is 8.12. The van der Waals surface area contributed by atoms with E-state index < -0.39 is 0 Å². The molecule has 0 amide bonds. The zero-order valence-electron chi connectivity index (χ0n) is 15.3. The van der Waals surface area contributed by atoms with Crippen molar-refractivity contribution in [2.24, 2.45) is 0 Å². The summed E-state index contributed by atoms with van der Waals surface area (Å²) in [4.78, 5) is 1.54. The fourth-order valence-electron chi connectivity index (χ4n) is 3.45. The molecular weight excluding hydrogens is 362 g/mol. The molecule has 142 valence electrons. The second-order valence-corrected chi connectivity index (χ2v) is 7.05. The molecule has 2 aromatic carbocycles. The van der Waals surface area contributed by atoms with E-state index in [0.29, 0.717) is 5.11 Å². The van der Waals surface area contributed by atoms with E-state index in [0.717, 1.165) is 72.8 Å². The summed E-state index contributed by atoms with van der Waals surface area (Å²) in [5.74, 6) is 0.733. The van der Waals surface area contributed by atoms with E-state index in [1.165, 1.54) is 4.90 Å². The molecule has 27 heavy (non-hydrogen) atoms. The van der Waals surface area contributed by atoms with E-state index in [2.05, 4.69) is 10.6 Å². The number of quaternary nitrogens is 1. The molecule has 1 saturated heterocycles. The van der Waals surface area contributed by atoms with Crippen molar-refractivity contribution in [1.82, 2.24) is 5.32 Å². The van der Waals surface area contributed by atoms with Gasteiger partial charge in [0.05, 0.1) is 39.1 Å². The zero-order valence-corrected chi connectivity index (χ0v) is 16.2. The van der Waals surface area contributed by atoms with Crippen LogP contribution < -0.4 is 20.3 Å². The Morgan fingerprint density at radius 2 is 1.96 bits per heavy atom. The summed E-state index contributed by atoms with van der Waals surface area (Å²) in [5, 5.41) is 9.20. The van der Waals surface area contributed by atoms with Gasteiger partial charge in [0.15, 0.2) is 5.11 Å². The predicted molar refractivity (Wildman–Crippen MR) is 111 cm³/mol. The second-order valence-electron chi connectivity index (χ2n) is 6.64. The molecule has 0 radical (unpaired) electrons. The lowest BCUT2D eigenvalue weighted by Gasteiger charge is -2.24. The first-order valence-corrected chi connectivity index (χ1v) is 9.61. The monoisotopic (exact) mass is 386 g/mol. The molecule has 2 heterocycles. The number of rotatable bonds is 5. The van der Waals surface area contributed by atoms with Crippen LogP contribution in [0, 0.1) is 0 Å². The van der Waals surface area contributed by atoms with Gasteiger partial charge in [0.1, 0.15) is 30.0 Å². The number of anilines is 1. The molecule has 4 rings (SSSR count). The van der Waals surface area contributed by atoms with E-state index in [9.17, 15) is 0 Å². The SMILES string of the molecule is COc1cc2c(cc1NC(=S)NCC[NH+]1CCOCC1)oc1ccccc12. The van der Waals surface area contributed by atoms with Crippen LogP contribution in [0.3, 0.4) is 0 Å². The van der Waals surface area contributed by atoms with Gasteiger partial charge in [-0.2, -0.15) is 0 Å². The third-order valence-corrected chi connectivity index (χ3v) is 5.16. The normalized spacial score (nSPS) is 15.1. The fraction of sp³-hybridized carbons (Fsp3) is 0.350. The van der Waals surface area contributed by atoms with Crippen molar-refractivity contribution < 1.29 is 18.8 Å². The highest BCUT2D eigenvalue weighted by atomic mass is 32.1. The Bertz CT molecular complexity index is 950. The standard InChI is InChI=1S/C20H23N3O3S/c1-24-19-12-15-14-4-2-3-5-17(14)26-18(15)13-16(19)22-20(27)21-6-7-23-8-10-25-11-9-23/h2-5,12-13H,6-11H2,1H3,(H2,21,22,27)/p+1. The highest BCUT2D eigenvalue weighted by molar-refractivity contribution is 7.80. The van der Waals surface area contributed by atoms with Crippen molar-refractivity contribution in [1.29, 1.82) is 0 Å². The van der Waals surface area contributed by atoms with Crippen LogP contribution in [0.5, 0.6) is 5.75 Å². The third kappa shape index (κ3) is 4.00. The minimum absolute atomic E-state index is 0.580. The summed E-state index contributed by atoms with van der Waals surface area (Å²) in [6.45, 7) is 5.62. The minimum Gasteiger partial charge on any atom is -0.495 e. The number of morpholine rings is 1. The number of benzene rings is 2. The number of hydrogen-bond donors (Lipinski definition) is 3. The summed E-state index contributed by atoms with van der Waals surface area (Å²) in [6, 6.07) is 11.9. The molecule has 1 aromatic heterocycles. The molecule has 3 N–H and O–H groups in total. The van der Waals surface area contributed by atoms with Gasteiger partial charge in [0, 0.05) is 16.8 Å². The average molecular weight is 386 g/mol. The van der Waals surface area contributed by atoms with Gasteiger partial charge in [0.2, 0.25) is 0 Å². The average Bonchev–Trinajstić information content (AvgIpc) is 3.05. The summed E-state index contributed by atoms with van der Waals surface area (Å²) in [5.41, 5.74) is 2.46. The lowest BCUT2D eigenvalue weighted by molar-refractivity contribution is -0.906. The summed E-state index contributed by atoms with van der Waals surface area (Å²) < 4.78 is 16.9. The molecule has 1 fully saturated rings. The molecule has 1 aliphatic heterocycles. The van der Waals surface area contributed by atoms with E-state index in [1.54, 1.807) is 7.11 Å². The van der Waals surface area contributed by atoms with Gasteiger partial charge in [0.25, 0.3) is 0 Å². The number of nitrogens with one attached hydrogen (secondary N) is 3. The van der Waals surface area contributed by atoms with E-state index >= 15 is 0 Å². The Morgan fingerprint density at radius 1 is 1.15 bits per heavy atom. The number of fused-ring (bicyclic) bond motifs is 3. The lowest BCUT2D eigenvalue weighted by atomic mass is 10.1. The maximum absolute atomic E-state index is 5.96. The van der Waals surface area contributed by atoms with Crippen LogP contribution >= 0.6 is 12.2 Å². The first-order chi connectivity index (χ1) is 13.2. The molecule has 0 atom stereocenters. The highest BCUT2D eigenvalue weighted by Crippen LogP contribution is 2.36. The van der Waals surface area contributed by atoms with Crippen molar-refractivity contribution in [3.05, 3.63) is 36.4 Å². The van der Waals surface area contributed by atoms with Crippen molar-refractivity contribution in [3.8, 4) is 5.75 Å². The fourth-order valence-corrected chi connectivity index (χ4v) is 3.66.